The second kappa shape index (κ2) is 18.3. The molecule has 15 aromatic rings. The number of fused-ring (bicyclic) bond motifs is 9. The van der Waals surface area contributed by atoms with Gasteiger partial charge >= 0.3 is 0 Å². The monoisotopic (exact) mass is 996 g/mol. The molecule has 78 heavy (non-hydrogen) atoms. The van der Waals surface area contributed by atoms with Crippen molar-refractivity contribution in [3.05, 3.63) is 290 Å². The Morgan fingerprint density at radius 3 is 1.23 bits per heavy atom. The number of anilines is 6. The van der Waals surface area contributed by atoms with Crippen molar-refractivity contribution >= 4 is 110 Å². The van der Waals surface area contributed by atoms with Crippen LogP contribution in [0.5, 0.6) is 0 Å². The van der Waals surface area contributed by atoms with Crippen LogP contribution in [0.15, 0.2) is 279 Å². The van der Waals surface area contributed by atoms with Gasteiger partial charge in [0.05, 0.1) is 27.8 Å². The van der Waals surface area contributed by atoms with E-state index in [1.165, 1.54) is 92.6 Å². The first kappa shape index (κ1) is 45.3. The van der Waals surface area contributed by atoms with Gasteiger partial charge in [-0.15, -0.1) is 0 Å². The van der Waals surface area contributed by atoms with Gasteiger partial charge < -0.3 is 18.9 Å². The van der Waals surface area contributed by atoms with Crippen molar-refractivity contribution in [2.45, 2.75) is 13.8 Å². The van der Waals surface area contributed by atoms with Crippen molar-refractivity contribution < 1.29 is 0 Å². The molecule has 0 spiro atoms. The topological polar surface area (TPSA) is 16.3 Å². The van der Waals surface area contributed by atoms with Crippen LogP contribution in [0.25, 0.3) is 98.4 Å². The second-order valence-electron chi connectivity index (χ2n) is 20.7. The van der Waals surface area contributed by atoms with Crippen molar-refractivity contribution in [2.24, 2.45) is 0 Å². The molecule has 0 N–H and O–H groups in total. The minimum absolute atomic E-state index is 1.08. The van der Waals surface area contributed by atoms with Crippen molar-refractivity contribution in [1.29, 1.82) is 0 Å². The van der Waals surface area contributed by atoms with Crippen LogP contribution in [0.2, 0.25) is 0 Å². The Morgan fingerprint density at radius 2 is 0.667 bits per heavy atom. The number of benzene rings is 13. The van der Waals surface area contributed by atoms with E-state index >= 15 is 0 Å². The SMILES string of the molecule is Cc1ccc(-n2c3ccccc3c3cc(N(c4ccc(-c5cccc6c(N(c7ccc8ccccc8c7)c7ccc8c(c7)c7ccccc7n8-c7ccc(C)cc7)cccc56)cc4)c4ccc5ccccc5c4)ccc32)cc1. The van der Waals surface area contributed by atoms with Crippen LogP contribution in [0.4, 0.5) is 34.1 Å². The van der Waals surface area contributed by atoms with Gasteiger partial charge in [-0.2, -0.15) is 0 Å². The van der Waals surface area contributed by atoms with E-state index in [9.17, 15) is 0 Å². The molecule has 0 saturated heterocycles. The maximum Gasteiger partial charge on any atom is 0.0542 e. The van der Waals surface area contributed by atoms with Gasteiger partial charge in [-0.05, 0) is 167 Å². The summed E-state index contributed by atoms with van der Waals surface area (Å²) in [5, 5.41) is 12.1. The van der Waals surface area contributed by atoms with Gasteiger partial charge in [-0.25, -0.2) is 0 Å². The van der Waals surface area contributed by atoms with E-state index in [0.29, 0.717) is 0 Å². The molecule has 0 fully saturated rings. The van der Waals surface area contributed by atoms with Crippen molar-refractivity contribution in [3.8, 4) is 22.5 Å². The predicted octanol–water partition coefficient (Wildman–Crippen LogP) is 20.6. The quantitative estimate of drug-likeness (QED) is 0.143. The van der Waals surface area contributed by atoms with E-state index in [1.807, 2.05) is 0 Å². The molecule has 4 nitrogen and oxygen atoms in total. The van der Waals surface area contributed by atoms with E-state index in [1.54, 1.807) is 0 Å². The number of para-hydroxylation sites is 2. The first-order valence-electron chi connectivity index (χ1n) is 26.9. The fourth-order valence-electron chi connectivity index (χ4n) is 12.2. The molecule has 0 saturated carbocycles. The van der Waals surface area contributed by atoms with Gasteiger partial charge in [0.25, 0.3) is 0 Å². The lowest BCUT2D eigenvalue weighted by atomic mass is 9.96. The normalized spacial score (nSPS) is 11.7. The van der Waals surface area contributed by atoms with Crippen LogP contribution in [-0.2, 0) is 0 Å². The van der Waals surface area contributed by atoms with Gasteiger partial charge in [0, 0.05) is 66.7 Å². The summed E-state index contributed by atoms with van der Waals surface area (Å²) in [7, 11) is 0. The van der Waals surface area contributed by atoms with Crippen LogP contribution in [0.1, 0.15) is 11.1 Å². The summed E-state index contributed by atoms with van der Waals surface area (Å²) in [4.78, 5) is 4.86. The van der Waals surface area contributed by atoms with Gasteiger partial charge in [-0.3, -0.25) is 0 Å². The third-order valence-corrected chi connectivity index (χ3v) is 16.0. The average molecular weight is 997 g/mol. The number of aromatic nitrogens is 2. The molecule has 0 bridgehead atoms. The molecule has 0 amide bonds. The minimum atomic E-state index is 1.08. The smallest absolute Gasteiger partial charge is 0.0542 e. The second-order valence-corrected chi connectivity index (χ2v) is 20.7. The third-order valence-electron chi connectivity index (χ3n) is 16.0. The number of nitrogens with zero attached hydrogens (tertiary/aromatic N) is 4. The lowest BCUT2D eigenvalue weighted by Crippen LogP contribution is -2.10. The first-order valence-corrected chi connectivity index (χ1v) is 26.9. The van der Waals surface area contributed by atoms with Crippen LogP contribution in [0, 0.1) is 13.8 Å². The van der Waals surface area contributed by atoms with Crippen LogP contribution in [-0.4, -0.2) is 9.13 Å². The molecule has 4 heteroatoms. The molecule has 0 unspecified atom stereocenters. The third kappa shape index (κ3) is 7.52. The van der Waals surface area contributed by atoms with E-state index < -0.39 is 0 Å². The Balaban J connectivity index is 0.866. The van der Waals surface area contributed by atoms with Crippen molar-refractivity contribution in [1.82, 2.24) is 9.13 Å². The van der Waals surface area contributed by atoms with Gasteiger partial charge in [0.15, 0.2) is 0 Å². The lowest BCUT2D eigenvalue weighted by molar-refractivity contribution is 1.17. The van der Waals surface area contributed by atoms with Crippen molar-refractivity contribution in [2.75, 3.05) is 9.80 Å². The fraction of sp³-hybridized carbons (Fsp3) is 0.0270. The Morgan fingerprint density at radius 1 is 0.256 bits per heavy atom. The zero-order valence-corrected chi connectivity index (χ0v) is 43.3. The summed E-state index contributed by atoms with van der Waals surface area (Å²) in [5.74, 6) is 0. The van der Waals surface area contributed by atoms with Crippen LogP contribution < -0.4 is 9.80 Å². The Labute approximate surface area is 453 Å². The highest BCUT2D eigenvalue weighted by molar-refractivity contribution is 6.13. The number of aryl methyl sites for hydroxylation is 2. The fourth-order valence-corrected chi connectivity index (χ4v) is 12.2. The molecule has 15 rings (SSSR count). The molecule has 0 atom stereocenters. The number of rotatable bonds is 9. The number of hydrogen-bond donors (Lipinski definition) is 0. The molecular formula is C74H52N4. The Kier molecular flexibility index (Phi) is 10.6. The average Bonchev–Trinajstić information content (AvgIpc) is 4.21. The standard InChI is InChI=1S/C74H52N4/c1-49-25-33-57(34-26-49)77-71-22-9-7-17-66(71)68-47-61(41-43-73(68)77)75(59-39-29-51-13-3-5-15-54(51)45-59)56-37-31-53(32-38-56)63-19-11-21-65-64(63)20-12-24-70(65)76(60-40-30-52-14-4-6-16-55(52)46-60)62-42-44-74-69(48-62)67-18-8-10-23-72(67)78(74)58-35-27-50(2)28-36-58/h3-48H,1-2H3. The molecule has 0 aliphatic heterocycles. The highest BCUT2D eigenvalue weighted by Gasteiger charge is 2.22. The summed E-state index contributed by atoms with van der Waals surface area (Å²) < 4.78 is 4.79. The largest absolute Gasteiger partial charge is 0.310 e. The maximum absolute atomic E-state index is 2.45. The molecule has 0 radical (unpaired) electrons. The van der Waals surface area contributed by atoms with E-state index in [4.69, 9.17) is 0 Å². The lowest BCUT2D eigenvalue weighted by Gasteiger charge is -2.28. The molecule has 2 aromatic heterocycles. The minimum Gasteiger partial charge on any atom is -0.310 e. The van der Waals surface area contributed by atoms with Gasteiger partial charge in [-0.1, -0.05) is 175 Å². The van der Waals surface area contributed by atoms with Crippen molar-refractivity contribution in [3.63, 3.8) is 0 Å². The van der Waals surface area contributed by atoms with Crippen LogP contribution >= 0.6 is 0 Å². The zero-order valence-electron chi connectivity index (χ0n) is 43.3. The first-order chi connectivity index (χ1) is 38.5. The molecule has 2 heterocycles. The Hall–Kier alpha value is -10.2. The van der Waals surface area contributed by atoms with Crippen LogP contribution in [0.3, 0.4) is 0 Å². The molecule has 368 valence electrons. The summed E-state index contributed by atoms with van der Waals surface area (Å²) in [5.41, 5.74) is 18.5. The molecule has 0 aliphatic rings. The predicted molar refractivity (Wildman–Crippen MR) is 332 cm³/mol. The summed E-state index contributed by atoms with van der Waals surface area (Å²) in [6.45, 7) is 4.29. The van der Waals surface area contributed by atoms with E-state index in [2.05, 4.69) is 312 Å². The molecular weight excluding hydrogens is 945 g/mol. The highest BCUT2D eigenvalue weighted by atomic mass is 15.2. The van der Waals surface area contributed by atoms with Gasteiger partial charge in [0.2, 0.25) is 0 Å². The molecule has 0 aliphatic carbocycles. The van der Waals surface area contributed by atoms with Gasteiger partial charge in [0.1, 0.15) is 0 Å². The summed E-state index contributed by atoms with van der Waals surface area (Å²) >= 11 is 0. The zero-order chi connectivity index (χ0) is 51.8. The number of hydrogen-bond acceptors (Lipinski definition) is 2. The van der Waals surface area contributed by atoms with E-state index in [-0.39, 0.29) is 0 Å². The molecule has 13 aromatic carbocycles. The maximum atomic E-state index is 2.45. The van der Waals surface area contributed by atoms with E-state index in [0.717, 1.165) is 51.1 Å². The highest BCUT2D eigenvalue weighted by Crippen LogP contribution is 2.46. The summed E-state index contributed by atoms with van der Waals surface area (Å²) in [6, 6.07) is 103. The Bertz CT molecular complexity index is 4810. The summed E-state index contributed by atoms with van der Waals surface area (Å²) in [6.07, 6.45) is 0.